The number of esters is 1. The highest BCUT2D eigenvalue weighted by Gasteiger charge is 2.07. The summed E-state index contributed by atoms with van der Waals surface area (Å²) >= 11 is 0. The lowest BCUT2D eigenvalue weighted by molar-refractivity contribution is 0.0526. The highest BCUT2D eigenvalue weighted by Crippen LogP contribution is 2.18. The number of benzene rings is 1. The van der Waals surface area contributed by atoms with E-state index < -0.39 is 0 Å². The van der Waals surface area contributed by atoms with Crippen LogP contribution in [0.3, 0.4) is 0 Å². The Hall–Kier alpha value is -2.63. The fraction of sp³-hybridized carbons (Fsp3) is 0.421. The molecule has 0 bridgehead atoms. The predicted molar refractivity (Wildman–Crippen MR) is 100 cm³/mol. The molecule has 0 saturated heterocycles. The van der Waals surface area contributed by atoms with Crippen molar-refractivity contribution in [3.8, 4) is 0 Å². The van der Waals surface area contributed by atoms with Crippen LogP contribution in [0.2, 0.25) is 0 Å². The minimum atomic E-state index is -0.316. The van der Waals surface area contributed by atoms with Crippen molar-refractivity contribution < 1.29 is 9.53 Å². The molecule has 25 heavy (non-hydrogen) atoms. The van der Waals surface area contributed by atoms with Crippen LogP contribution < -0.4 is 10.6 Å². The van der Waals surface area contributed by atoms with Crippen LogP contribution in [0.15, 0.2) is 30.3 Å². The van der Waals surface area contributed by atoms with Crippen molar-refractivity contribution in [3.63, 3.8) is 0 Å². The number of hydrogen-bond acceptors (Lipinski definition) is 6. The summed E-state index contributed by atoms with van der Waals surface area (Å²) in [5.41, 5.74) is 2.26. The van der Waals surface area contributed by atoms with Gasteiger partial charge in [0.05, 0.1) is 12.2 Å². The molecule has 0 amide bonds. The second-order valence-corrected chi connectivity index (χ2v) is 6.25. The van der Waals surface area contributed by atoms with Crippen LogP contribution in [0.25, 0.3) is 0 Å². The van der Waals surface area contributed by atoms with Gasteiger partial charge in [0.25, 0.3) is 0 Å². The Morgan fingerprint density at radius 1 is 1.20 bits per heavy atom. The fourth-order valence-corrected chi connectivity index (χ4v) is 2.24. The Morgan fingerprint density at radius 3 is 2.56 bits per heavy atom. The molecule has 0 aliphatic heterocycles. The van der Waals surface area contributed by atoms with Gasteiger partial charge in [-0.05, 0) is 50.5 Å². The van der Waals surface area contributed by atoms with E-state index in [0.29, 0.717) is 29.9 Å². The molecule has 2 aromatic rings. The Bertz CT molecular complexity index is 699. The van der Waals surface area contributed by atoms with Crippen molar-refractivity contribution in [2.45, 2.75) is 34.1 Å². The first-order valence-corrected chi connectivity index (χ1v) is 8.61. The molecule has 0 aliphatic carbocycles. The SMILES string of the molecule is CCOC(=O)c1ccc(Nc2cc(C)nc(NCCC(C)C)n2)cc1. The zero-order valence-electron chi connectivity index (χ0n) is 15.3. The van der Waals surface area contributed by atoms with Gasteiger partial charge in [-0.2, -0.15) is 4.98 Å². The summed E-state index contributed by atoms with van der Waals surface area (Å²) in [7, 11) is 0. The smallest absolute Gasteiger partial charge is 0.338 e. The van der Waals surface area contributed by atoms with Crippen LogP contribution in [-0.2, 0) is 4.74 Å². The van der Waals surface area contributed by atoms with Crippen LogP contribution in [-0.4, -0.2) is 29.1 Å². The second-order valence-electron chi connectivity index (χ2n) is 6.25. The lowest BCUT2D eigenvalue weighted by atomic mass is 10.1. The lowest BCUT2D eigenvalue weighted by Gasteiger charge is -2.11. The monoisotopic (exact) mass is 342 g/mol. The van der Waals surface area contributed by atoms with Crippen LogP contribution in [0.4, 0.5) is 17.5 Å². The average Bonchev–Trinajstić information content (AvgIpc) is 2.55. The summed E-state index contributed by atoms with van der Waals surface area (Å²) in [6.45, 7) is 9.31. The number of anilines is 3. The second kappa shape index (κ2) is 9.01. The molecule has 0 aliphatic rings. The van der Waals surface area contributed by atoms with Gasteiger partial charge < -0.3 is 15.4 Å². The van der Waals surface area contributed by atoms with E-state index in [1.165, 1.54) is 0 Å². The van der Waals surface area contributed by atoms with Gasteiger partial charge in [0.2, 0.25) is 5.95 Å². The van der Waals surface area contributed by atoms with E-state index in [1.807, 2.05) is 25.1 Å². The number of nitrogens with one attached hydrogen (secondary N) is 2. The van der Waals surface area contributed by atoms with Gasteiger partial charge in [-0.25, -0.2) is 9.78 Å². The first-order valence-electron chi connectivity index (χ1n) is 8.61. The molecule has 1 heterocycles. The minimum absolute atomic E-state index is 0.316. The Morgan fingerprint density at radius 2 is 1.92 bits per heavy atom. The lowest BCUT2D eigenvalue weighted by Crippen LogP contribution is -2.09. The summed E-state index contributed by atoms with van der Waals surface area (Å²) in [6, 6.07) is 9.00. The van der Waals surface area contributed by atoms with E-state index >= 15 is 0 Å². The normalized spacial score (nSPS) is 10.6. The van der Waals surface area contributed by atoms with E-state index in [9.17, 15) is 4.79 Å². The largest absolute Gasteiger partial charge is 0.462 e. The number of carbonyl (C=O) groups excluding carboxylic acids is 1. The van der Waals surface area contributed by atoms with Crippen molar-refractivity contribution in [1.82, 2.24) is 9.97 Å². The zero-order chi connectivity index (χ0) is 18.2. The van der Waals surface area contributed by atoms with Gasteiger partial charge in [-0.3, -0.25) is 0 Å². The summed E-state index contributed by atoms with van der Waals surface area (Å²) in [6.07, 6.45) is 1.06. The molecule has 1 aromatic carbocycles. The number of carbonyl (C=O) groups is 1. The molecular weight excluding hydrogens is 316 g/mol. The average molecular weight is 342 g/mol. The third kappa shape index (κ3) is 6.06. The van der Waals surface area contributed by atoms with E-state index in [-0.39, 0.29) is 5.97 Å². The Balaban J connectivity index is 2.04. The fourth-order valence-electron chi connectivity index (χ4n) is 2.24. The summed E-state index contributed by atoms with van der Waals surface area (Å²) in [4.78, 5) is 20.6. The molecule has 0 spiro atoms. The molecular formula is C19H26N4O2. The van der Waals surface area contributed by atoms with Gasteiger partial charge in [0.15, 0.2) is 0 Å². The molecule has 0 fully saturated rings. The molecule has 6 heteroatoms. The van der Waals surface area contributed by atoms with Gasteiger partial charge in [0, 0.05) is 24.0 Å². The number of nitrogens with zero attached hydrogens (tertiary/aromatic N) is 2. The molecule has 0 unspecified atom stereocenters. The zero-order valence-corrected chi connectivity index (χ0v) is 15.3. The molecule has 0 radical (unpaired) electrons. The summed E-state index contributed by atoms with van der Waals surface area (Å²) < 4.78 is 4.98. The maximum atomic E-state index is 11.7. The van der Waals surface area contributed by atoms with E-state index in [4.69, 9.17) is 4.74 Å². The number of aryl methyl sites for hydroxylation is 1. The molecule has 1 aromatic heterocycles. The van der Waals surface area contributed by atoms with Gasteiger partial charge in [-0.1, -0.05) is 13.8 Å². The third-order valence-corrected chi connectivity index (χ3v) is 3.53. The standard InChI is InChI=1S/C19H26N4O2/c1-5-25-18(24)15-6-8-16(9-7-15)22-17-12-14(4)21-19(23-17)20-11-10-13(2)3/h6-9,12-13H,5,10-11H2,1-4H3,(H2,20,21,22,23). The van der Waals surface area contributed by atoms with Crippen molar-refractivity contribution in [2.24, 2.45) is 5.92 Å². The third-order valence-electron chi connectivity index (χ3n) is 3.53. The maximum absolute atomic E-state index is 11.7. The van der Waals surface area contributed by atoms with Crippen molar-refractivity contribution in [1.29, 1.82) is 0 Å². The van der Waals surface area contributed by atoms with Gasteiger partial charge >= 0.3 is 5.97 Å². The van der Waals surface area contributed by atoms with Crippen LogP contribution in [0, 0.1) is 12.8 Å². The molecule has 6 nitrogen and oxygen atoms in total. The van der Waals surface area contributed by atoms with Crippen LogP contribution in [0.5, 0.6) is 0 Å². The van der Waals surface area contributed by atoms with Gasteiger partial charge in [0.1, 0.15) is 5.82 Å². The summed E-state index contributed by atoms with van der Waals surface area (Å²) in [5.74, 6) is 1.64. The maximum Gasteiger partial charge on any atom is 0.338 e. The molecule has 0 saturated carbocycles. The van der Waals surface area contributed by atoms with Gasteiger partial charge in [-0.15, -0.1) is 0 Å². The molecule has 2 N–H and O–H groups in total. The van der Waals surface area contributed by atoms with E-state index in [0.717, 1.165) is 24.3 Å². The number of ether oxygens (including phenoxy) is 1. The minimum Gasteiger partial charge on any atom is -0.462 e. The quantitative estimate of drug-likeness (QED) is 0.702. The Kier molecular flexibility index (Phi) is 6.74. The molecule has 134 valence electrons. The first kappa shape index (κ1) is 18.7. The topological polar surface area (TPSA) is 76.1 Å². The van der Waals surface area contributed by atoms with Crippen molar-refractivity contribution >= 4 is 23.4 Å². The number of rotatable bonds is 8. The Labute approximate surface area is 149 Å². The van der Waals surface area contributed by atoms with E-state index in [2.05, 4.69) is 34.4 Å². The number of hydrogen-bond donors (Lipinski definition) is 2. The summed E-state index contributed by atoms with van der Waals surface area (Å²) in [5, 5.41) is 6.50. The highest BCUT2D eigenvalue weighted by molar-refractivity contribution is 5.89. The molecule has 2 rings (SSSR count). The van der Waals surface area contributed by atoms with Crippen LogP contribution in [0.1, 0.15) is 43.2 Å². The first-order chi connectivity index (χ1) is 12.0. The number of aromatic nitrogens is 2. The van der Waals surface area contributed by atoms with Crippen molar-refractivity contribution in [3.05, 3.63) is 41.6 Å². The molecule has 0 atom stereocenters. The predicted octanol–water partition coefficient (Wildman–Crippen LogP) is 4.16. The van der Waals surface area contributed by atoms with E-state index in [1.54, 1.807) is 19.1 Å². The van der Waals surface area contributed by atoms with Crippen molar-refractivity contribution in [2.75, 3.05) is 23.8 Å². The highest BCUT2D eigenvalue weighted by atomic mass is 16.5. The van der Waals surface area contributed by atoms with Crippen LogP contribution >= 0.6 is 0 Å².